The standard InChI is InChI=1S/C47H53N13O4/c61-41-15-14-40(46(63)53-41)60-47(64)38-28-36(12-13-39(38)54-55-60)58-23-21-56(22-24-58)18-4-7-31-16-19-57(20-17-31)35-10-8-33(9-11-35)52-44-43-45(49-29-48-44)59(30-50-43)37-26-34(27-37)51-42(62)25-32-5-2-1-3-6-32/h1-3,5-6,8-13,28-31,34,37,40H,4,7,14-27H2,(H,51,62)(H,48,49,52)(H,53,61,63). The van der Waals surface area contributed by atoms with E-state index in [-0.39, 0.29) is 42.3 Å². The van der Waals surface area contributed by atoms with Crippen molar-refractivity contribution in [2.45, 2.75) is 75.9 Å². The number of hydrogen-bond acceptors (Lipinski definition) is 13. The van der Waals surface area contributed by atoms with Gasteiger partial charge >= 0.3 is 0 Å². The fourth-order valence-electron chi connectivity index (χ4n) is 9.77. The molecule has 0 bridgehead atoms. The number of rotatable bonds is 13. The summed E-state index contributed by atoms with van der Waals surface area (Å²) in [6.07, 6.45) is 10.7. The van der Waals surface area contributed by atoms with Crippen molar-refractivity contribution in [2.24, 2.45) is 5.92 Å². The molecule has 10 rings (SSSR count). The number of nitrogens with one attached hydrogen (secondary N) is 3. The maximum atomic E-state index is 13.4. The van der Waals surface area contributed by atoms with Crippen LogP contribution in [0.5, 0.6) is 0 Å². The van der Waals surface area contributed by atoms with E-state index < -0.39 is 11.9 Å². The van der Waals surface area contributed by atoms with Crippen LogP contribution in [0.1, 0.15) is 69.0 Å². The number of carbonyl (C=O) groups excluding carboxylic acids is 3. The van der Waals surface area contributed by atoms with E-state index in [1.54, 1.807) is 6.33 Å². The molecule has 6 heterocycles. The van der Waals surface area contributed by atoms with Crippen molar-refractivity contribution in [1.82, 2.24) is 50.0 Å². The Morgan fingerprint density at radius 1 is 0.812 bits per heavy atom. The molecule has 17 heteroatoms. The molecular formula is C47H53N13O4. The zero-order valence-corrected chi connectivity index (χ0v) is 35.8. The molecule has 1 aliphatic carbocycles. The van der Waals surface area contributed by atoms with Crippen molar-refractivity contribution in [3.63, 3.8) is 0 Å². The third-order valence-corrected chi connectivity index (χ3v) is 13.5. The second kappa shape index (κ2) is 18.2. The lowest BCUT2D eigenvalue weighted by molar-refractivity contribution is -0.136. The van der Waals surface area contributed by atoms with E-state index in [0.29, 0.717) is 23.1 Å². The molecule has 1 atom stereocenters. The van der Waals surface area contributed by atoms with Gasteiger partial charge in [0.05, 0.1) is 18.1 Å². The smallest absolute Gasteiger partial charge is 0.278 e. The minimum absolute atomic E-state index is 0.0516. The Balaban J connectivity index is 0.652. The number of benzene rings is 3. The van der Waals surface area contributed by atoms with Crippen LogP contribution in [0, 0.1) is 5.92 Å². The normalized spacial score (nSPS) is 20.9. The summed E-state index contributed by atoms with van der Waals surface area (Å²) in [5.41, 5.74) is 5.79. The Morgan fingerprint density at radius 3 is 2.36 bits per heavy atom. The summed E-state index contributed by atoms with van der Waals surface area (Å²) in [7, 11) is 0. The molecule has 3 aromatic carbocycles. The van der Waals surface area contributed by atoms with Crippen LogP contribution in [0.2, 0.25) is 0 Å². The number of imide groups is 1. The van der Waals surface area contributed by atoms with E-state index in [9.17, 15) is 19.2 Å². The second-order valence-electron chi connectivity index (χ2n) is 17.7. The molecule has 3 aliphatic heterocycles. The lowest BCUT2D eigenvalue weighted by Crippen LogP contribution is -2.47. The molecule has 4 aliphatic rings. The zero-order chi connectivity index (χ0) is 43.6. The van der Waals surface area contributed by atoms with E-state index >= 15 is 0 Å². The second-order valence-corrected chi connectivity index (χ2v) is 17.7. The van der Waals surface area contributed by atoms with Gasteiger partial charge in [-0.2, -0.15) is 4.68 Å². The number of carbonyl (C=O) groups is 3. The largest absolute Gasteiger partial charge is 0.372 e. The lowest BCUT2D eigenvalue weighted by Gasteiger charge is -2.37. The van der Waals surface area contributed by atoms with E-state index in [1.807, 2.05) is 54.9 Å². The first kappa shape index (κ1) is 41.3. The minimum atomic E-state index is -0.839. The predicted octanol–water partition coefficient (Wildman–Crippen LogP) is 4.53. The highest BCUT2D eigenvalue weighted by molar-refractivity contribution is 5.99. The summed E-state index contributed by atoms with van der Waals surface area (Å²) in [6.45, 7) is 6.84. The summed E-state index contributed by atoms with van der Waals surface area (Å²) in [5, 5.41) is 17.6. The quantitative estimate of drug-likeness (QED) is 0.138. The molecule has 0 radical (unpaired) electrons. The van der Waals surface area contributed by atoms with Crippen LogP contribution in [0.3, 0.4) is 0 Å². The molecule has 1 unspecified atom stereocenters. The molecule has 330 valence electrons. The van der Waals surface area contributed by atoms with Crippen molar-refractivity contribution in [3.05, 3.63) is 101 Å². The van der Waals surface area contributed by atoms with Crippen LogP contribution in [0.4, 0.5) is 22.9 Å². The highest BCUT2D eigenvalue weighted by Gasteiger charge is 2.34. The maximum Gasteiger partial charge on any atom is 0.278 e. The summed E-state index contributed by atoms with van der Waals surface area (Å²) < 4.78 is 3.23. The molecule has 3 saturated heterocycles. The average molecular weight is 864 g/mol. The van der Waals surface area contributed by atoms with Crippen LogP contribution < -0.4 is 31.3 Å². The van der Waals surface area contributed by atoms with E-state index in [2.05, 4.69) is 79.8 Å². The number of piperidine rings is 2. The van der Waals surface area contributed by atoms with Crippen LogP contribution in [-0.2, 0) is 20.8 Å². The first-order valence-electron chi connectivity index (χ1n) is 22.6. The van der Waals surface area contributed by atoms with Gasteiger partial charge in [-0.25, -0.2) is 15.0 Å². The van der Waals surface area contributed by atoms with Crippen molar-refractivity contribution in [1.29, 1.82) is 0 Å². The molecule has 3 N–H and O–H groups in total. The van der Waals surface area contributed by atoms with Gasteiger partial charge in [0.1, 0.15) is 17.9 Å². The van der Waals surface area contributed by atoms with Crippen LogP contribution >= 0.6 is 0 Å². The summed E-state index contributed by atoms with van der Waals surface area (Å²) in [4.78, 5) is 71.2. The van der Waals surface area contributed by atoms with Gasteiger partial charge in [-0.3, -0.25) is 29.4 Å². The molecule has 1 saturated carbocycles. The summed E-state index contributed by atoms with van der Waals surface area (Å²) in [6, 6.07) is 23.6. The van der Waals surface area contributed by atoms with E-state index in [0.717, 1.165) is 97.4 Å². The maximum absolute atomic E-state index is 13.4. The highest BCUT2D eigenvalue weighted by Crippen LogP contribution is 2.36. The van der Waals surface area contributed by atoms with Gasteiger partial charge in [0.2, 0.25) is 11.8 Å². The van der Waals surface area contributed by atoms with Crippen LogP contribution in [-0.4, -0.2) is 109 Å². The van der Waals surface area contributed by atoms with Crippen molar-refractivity contribution in [3.8, 4) is 0 Å². The molecule has 6 aromatic rings. The first-order chi connectivity index (χ1) is 31.3. The fraction of sp³-hybridized carbons (Fsp3) is 0.426. The van der Waals surface area contributed by atoms with E-state index in [4.69, 9.17) is 4.98 Å². The van der Waals surface area contributed by atoms with Crippen molar-refractivity contribution < 1.29 is 14.4 Å². The number of anilines is 4. The van der Waals surface area contributed by atoms with Gasteiger partial charge in [0, 0.05) is 74.8 Å². The third kappa shape index (κ3) is 8.89. The van der Waals surface area contributed by atoms with Gasteiger partial charge in [0.15, 0.2) is 17.0 Å². The van der Waals surface area contributed by atoms with Gasteiger partial charge in [0.25, 0.3) is 11.5 Å². The Morgan fingerprint density at radius 2 is 1.58 bits per heavy atom. The average Bonchev–Trinajstić information content (AvgIpc) is 3.73. The number of nitrogens with zero attached hydrogens (tertiary/aromatic N) is 10. The number of hydrogen-bond donors (Lipinski definition) is 3. The summed E-state index contributed by atoms with van der Waals surface area (Å²) in [5.74, 6) is 0.601. The Labute approximate surface area is 370 Å². The van der Waals surface area contributed by atoms with Crippen LogP contribution in [0.15, 0.2) is 90.2 Å². The molecular weight excluding hydrogens is 811 g/mol. The lowest BCUT2D eigenvalue weighted by atomic mass is 9.86. The number of aromatic nitrogens is 7. The topological polar surface area (TPSA) is 188 Å². The van der Waals surface area contributed by atoms with Crippen molar-refractivity contribution >= 4 is 62.7 Å². The third-order valence-electron chi connectivity index (χ3n) is 13.5. The fourth-order valence-corrected chi connectivity index (χ4v) is 9.77. The predicted molar refractivity (Wildman–Crippen MR) is 243 cm³/mol. The molecule has 17 nitrogen and oxygen atoms in total. The SMILES string of the molecule is O=C1CCC(n2nnc3ccc(N4CCN(CCCC5CCN(c6ccc(Nc7ncnc8c7ncn8C7CC(NC(=O)Cc8ccccc8)C7)cc6)CC5)CC4)cc3c2=O)C(=O)N1. The minimum Gasteiger partial charge on any atom is -0.372 e. The first-order valence-corrected chi connectivity index (χ1v) is 22.6. The Hall–Kier alpha value is -6.75. The Kier molecular flexibility index (Phi) is 11.7. The molecule has 3 amide bonds. The number of amides is 3. The molecule has 3 aromatic heterocycles. The molecule has 64 heavy (non-hydrogen) atoms. The van der Waals surface area contributed by atoms with Gasteiger partial charge < -0.3 is 25.0 Å². The number of fused-ring (bicyclic) bond motifs is 2. The highest BCUT2D eigenvalue weighted by atomic mass is 16.2. The van der Waals surface area contributed by atoms with Crippen molar-refractivity contribution in [2.75, 3.05) is 60.9 Å². The number of piperazine rings is 1. The Bertz CT molecular complexity index is 2700. The summed E-state index contributed by atoms with van der Waals surface area (Å²) >= 11 is 0. The van der Waals surface area contributed by atoms with Gasteiger partial charge in [-0.15, -0.1) is 5.10 Å². The number of imidazole rings is 1. The van der Waals surface area contributed by atoms with E-state index in [1.165, 1.54) is 31.4 Å². The monoisotopic (exact) mass is 863 g/mol. The van der Waals surface area contributed by atoms with Gasteiger partial charge in [-0.05, 0) is 105 Å². The molecule has 0 spiro atoms. The van der Waals surface area contributed by atoms with Gasteiger partial charge in [-0.1, -0.05) is 35.5 Å². The van der Waals surface area contributed by atoms with Crippen LogP contribution in [0.25, 0.3) is 22.1 Å². The zero-order valence-electron chi connectivity index (χ0n) is 35.8. The molecule has 4 fully saturated rings.